The summed E-state index contributed by atoms with van der Waals surface area (Å²) in [4.78, 5) is 30.9. The number of anilines is 2. The Labute approximate surface area is 175 Å². The van der Waals surface area contributed by atoms with Gasteiger partial charge in [0.15, 0.2) is 0 Å². The summed E-state index contributed by atoms with van der Waals surface area (Å²) in [6, 6.07) is 12.7. The lowest BCUT2D eigenvalue weighted by atomic mass is 10.1. The van der Waals surface area contributed by atoms with Crippen molar-refractivity contribution in [2.45, 2.75) is 13.3 Å². The molecule has 1 atom stereocenters. The lowest BCUT2D eigenvalue weighted by molar-refractivity contribution is -0.136. The van der Waals surface area contributed by atoms with Crippen LogP contribution in [0, 0.1) is 18.7 Å². The first-order chi connectivity index (χ1) is 14.5. The number of carbonyl (C=O) groups excluding carboxylic acids is 2. The Hall–Kier alpha value is -3.09. The van der Waals surface area contributed by atoms with E-state index in [2.05, 4.69) is 4.90 Å². The van der Waals surface area contributed by atoms with Gasteiger partial charge in [-0.15, -0.1) is 0 Å². The van der Waals surface area contributed by atoms with Gasteiger partial charge in [0.25, 0.3) is 0 Å². The molecule has 4 rings (SSSR count). The number of methoxy groups -OCH3 is 1. The third-order valence-corrected chi connectivity index (χ3v) is 5.88. The highest BCUT2D eigenvalue weighted by Gasteiger charge is 2.38. The van der Waals surface area contributed by atoms with Crippen LogP contribution >= 0.6 is 0 Å². The van der Waals surface area contributed by atoms with Crippen LogP contribution in [-0.4, -0.2) is 56.5 Å². The van der Waals surface area contributed by atoms with Crippen LogP contribution in [0.3, 0.4) is 0 Å². The maximum Gasteiger partial charge on any atom is 0.228 e. The van der Waals surface area contributed by atoms with Crippen LogP contribution in [0.1, 0.15) is 12.0 Å². The van der Waals surface area contributed by atoms with Gasteiger partial charge < -0.3 is 19.4 Å². The molecule has 2 heterocycles. The maximum absolute atomic E-state index is 14.3. The first-order valence-electron chi connectivity index (χ1n) is 10.2. The molecule has 158 valence electrons. The molecule has 7 heteroatoms. The van der Waals surface area contributed by atoms with E-state index in [1.165, 1.54) is 11.0 Å². The molecule has 2 amide bonds. The number of carbonyl (C=O) groups is 2. The zero-order valence-electron chi connectivity index (χ0n) is 17.3. The molecule has 0 N–H and O–H groups in total. The zero-order chi connectivity index (χ0) is 21.3. The topological polar surface area (TPSA) is 53.1 Å². The number of hydrogen-bond donors (Lipinski definition) is 0. The Morgan fingerprint density at radius 3 is 2.57 bits per heavy atom. The summed E-state index contributed by atoms with van der Waals surface area (Å²) in [5.74, 6) is -0.279. The summed E-state index contributed by atoms with van der Waals surface area (Å²) in [6.45, 7) is 4.66. The van der Waals surface area contributed by atoms with E-state index in [0.29, 0.717) is 13.1 Å². The van der Waals surface area contributed by atoms with Crippen molar-refractivity contribution in [2.24, 2.45) is 5.92 Å². The van der Waals surface area contributed by atoms with Gasteiger partial charge in [-0.2, -0.15) is 0 Å². The van der Waals surface area contributed by atoms with Crippen molar-refractivity contribution < 1.29 is 18.7 Å². The summed E-state index contributed by atoms with van der Waals surface area (Å²) in [7, 11) is 1.64. The van der Waals surface area contributed by atoms with E-state index in [-0.39, 0.29) is 30.5 Å². The Balaban J connectivity index is 1.38. The number of aryl methyl sites for hydroxylation is 1. The molecule has 0 aromatic heterocycles. The highest BCUT2D eigenvalue weighted by Crippen LogP contribution is 2.29. The summed E-state index contributed by atoms with van der Waals surface area (Å²) in [6.07, 6.45) is 0.127. The lowest BCUT2D eigenvalue weighted by Gasteiger charge is -2.37. The number of ether oxygens (including phenoxy) is 1. The number of hydrogen-bond acceptors (Lipinski definition) is 4. The SMILES string of the molecule is COc1cccc(N2CCN(C(=O)C3CC(=O)N(c4ccc(C)cc4F)C3)CC2)c1. The van der Waals surface area contributed by atoms with Crippen LogP contribution in [-0.2, 0) is 9.59 Å². The summed E-state index contributed by atoms with van der Waals surface area (Å²) in [5.41, 5.74) is 2.12. The molecule has 0 aliphatic carbocycles. The van der Waals surface area contributed by atoms with Crippen LogP contribution in [0.25, 0.3) is 0 Å². The standard InChI is InChI=1S/C23H26FN3O3/c1-16-6-7-21(20(24)12-16)27-15-17(13-22(27)28)23(29)26-10-8-25(9-11-26)18-4-3-5-19(14-18)30-2/h3-7,12,14,17H,8-11,13,15H2,1-2H3. The fourth-order valence-electron chi connectivity index (χ4n) is 4.19. The molecule has 2 aromatic rings. The van der Waals surface area contributed by atoms with Gasteiger partial charge in [-0.05, 0) is 36.8 Å². The van der Waals surface area contributed by atoms with Crippen LogP contribution in [0.2, 0.25) is 0 Å². The first kappa shape index (κ1) is 20.2. The molecule has 30 heavy (non-hydrogen) atoms. The Kier molecular flexibility index (Phi) is 5.61. The molecule has 0 spiro atoms. The Morgan fingerprint density at radius 1 is 1.10 bits per heavy atom. The van der Waals surface area contributed by atoms with Crippen molar-refractivity contribution in [3.05, 3.63) is 53.8 Å². The van der Waals surface area contributed by atoms with Crippen LogP contribution in [0.4, 0.5) is 15.8 Å². The van der Waals surface area contributed by atoms with Gasteiger partial charge in [-0.3, -0.25) is 9.59 Å². The molecule has 1 unspecified atom stereocenters. The number of halogens is 1. The third-order valence-electron chi connectivity index (χ3n) is 5.88. The highest BCUT2D eigenvalue weighted by atomic mass is 19.1. The molecule has 2 fully saturated rings. The van der Waals surface area contributed by atoms with Crippen molar-refractivity contribution in [1.82, 2.24) is 4.90 Å². The second kappa shape index (κ2) is 8.34. The predicted octanol–water partition coefficient (Wildman–Crippen LogP) is 2.84. The fraction of sp³-hybridized carbons (Fsp3) is 0.391. The number of nitrogens with zero attached hydrogens (tertiary/aromatic N) is 3. The van der Waals surface area contributed by atoms with Crippen molar-refractivity contribution in [1.29, 1.82) is 0 Å². The first-order valence-corrected chi connectivity index (χ1v) is 10.2. The minimum absolute atomic E-state index is 0.0244. The van der Waals surface area contributed by atoms with E-state index in [9.17, 15) is 14.0 Å². The second-order valence-corrected chi connectivity index (χ2v) is 7.87. The van der Waals surface area contributed by atoms with E-state index in [1.807, 2.05) is 29.2 Å². The van der Waals surface area contributed by atoms with Crippen LogP contribution in [0.15, 0.2) is 42.5 Å². The third kappa shape index (κ3) is 3.97. The van der Waals surface area contributed by atoms with Gasteiger partial charge in [0, 0.05) is 50.9 Å². The quantitative estimate of drug-likeness (QED) is 0.777. The lowest BCUT2D eigenvalue weighted by Crippen LogP contribution is -2.50. The van der Waals surface area contributed by atoms with E-state index in [4.69, 9.17) is 4.74 Å². The van der Waals surface area contributed by atoms with Gasteiger partial charge in [-0.1, -0.05) is 12.1 Å². The molecule has 2 aliphatic rings. The van der Waals surface area contributed by atoms with E-state index in [0.717, 1.165) is 30.1 Å². The normalized spacial score (nSPS) is 19.4. The van der Waals surface area contributed by atoms with Gasteiger partial charge in [-0.25, -0.2) is 4.39 Å². The number of rotatable bonds is 4. The summed E-state index contributed by atoms with van der Waals surface area (Å²) >= 11 is 0. The van der Waals surface area contributed by atoms with Gasteiger partial charge in [0.2, 0.25) is 11.8 Å². The molecule has 2 saturated heterocycles. The predicted molar refractivity (Wildman–Crippen MR) is 113 cm³/mol. The Bertz CT molecular complexity index is 956. The largest absolute Gasteiger partial charge is 0.497 e. The molecular formula is C23H26FN3O3. The smallest absolute Gasteiger partial charge is 0.228 e. The highest BCUT2D eigenvalue weighted by molar-refractivity contribution is 6.00. The number of amides is 2. The minimum Gasteiger partial charge on any atom is -0.497 e. The molecule has 0 radical (unpaired) electrons. The monoisotopic (exact) mass is 411 g/mol. The average Bonchev–Trinajstić information content (AvgIpc) is 3.14. The Morgan fingerprint density at radius 2 is 1.87 bits per heavy atom. The van der Waals surface area contributed by atoms with E-state index < -0.39 is 11.7 Å². The molecule has 2 aliphatic heterocycles. The van der Waals surface area contributed by atoms with Crippen LogP contribution in [0.5, 0.6) is 5.75 Å². The molecule has 6 nitrogen and oxygen atoms in total. The second-order valence-electron chi connectivity index (χ2n) is 7.87. The molecule has 0 saturated carbocycles. The number of benzene rings is 2. The van der Waals surface area contributed by atoms with Gasteiger partial charge >= 0.3 is 0 Å². The van der Waals surface area contributed by atoms with Crippen molar-refractivity contribution >= 4 is 23.2 Å². The van der Waals surface area contributed by atoms with Gasteiger partial charge in [0.05, 0.1) is 18.7 Å². The van der Waals surface area contributed by atoms with Gasteiger partial charge in [0.1, 0.15) is 11.6 Å². The average molecular weight is 411 g/mol. The van der Waals surface area contributed by atoms with E-state index >= 15 is 0 Å². The van der Waals surface area contributed by atoms with Crippen molar-refractivity contribution in [2.75, 3.05) is 49.6 Å². The zero-order valence-corrected chi connectivity index (χ0v) is 17.3. The summed E-state index contributed by atoms with van der Waals surface area (Å²) in [5, 5.41) is 0. The molecule has 0 bridgehead atoms. The maximum atomic E-state index is 14.3. The van der Waals surface area contributed by atoms with Crippen LogP contribution < -0.4 is 14.5 Å². The molecular weight excluding hydrogens is 385 g/mol. The minimum atomic E-state index is -0.429. The fourth-order valence-corrected chi connectivity index (χ4v) is 4.19. The van der Waals surface area contributed by atoms with Crippen molar-refractivity contribution in [3.8, 4) is 5.75 Å². The molecule has 2 aromatic carbocycles. The summed E-state index contributed by atoms with van der Waals surface area (Å²) < 4.78 is 19.6. The van der Waals surface area contributed by atoms with Crippen molar-refractivity contribution in [3.63, 3.8) is 0 Å². The number of piperazine rings is 1. The van der Waals surface area contributed by atoms with E-state index in [1.54, 1.807) is 26.2 Å².